The Morgan fingerprint density at radius 3 is 0.932 bits per heavy atom. The van der Waals surface area contributed by atoms with Crippen LogP contribution in [-0.4, -0.2) is 38.0 Å². The molecule has 12 aromatic carbocycles. The van der Waals surface area contributed by atoms with Gasteiger partial charge in [0.15, 0.2) is 8.07 Å². The van der Waals surface area contributed by atoms with E-state index in [0.717, 1.165) is 133 Å². The summed E-state index contributed by atoms with van der Waals surface area (Å²) in [7, 11) is -3.36. The molecule has 0 aliphatic heterocycles. The van der Waals surface area contributed by atoms with Gasteiger partial charge in [-0.3, -0.25) is 9.97 Å². The standard InChI is InChI=1S/C94H58N6S2Si/c1-5-25-59(26-6-1)77-57-85(81-43-17-19-51-95-81)99-91-69(77)47-49-71-79(55-83(97-89(71)91)75-41-23-39-73-67-37-13-15-45-87(67)101-93(73)75)61-29-21-35-65(53-61)103(63-31-9-3-10-32-63,64-33-11-4-12-34-64)66-36-22-30-62(54-66)80-56-84(76-42-24-40-74-68-38-14-16-46-88(68)102-94(74)76)98-90-72(80)50-48-70-78(60-27-7-2-8-28-60)58-86(100-92(70)90)82-44-18-20-52-96-82/h1-58H. The molecular weight excluding hydrogens is 1310 g/mol. The number of pyridine rings is 6. The van der Waals surface area contributed by atoms with Gasteiger partial charge in [0.25, 0.3) is 0 Å². The topological polar surface area (TPSA) is 77.3 Å². The molecule has 103 heavy (non-hydrogen) atoms. The first-order valence-corrected chi connectivity index (χ1v) is 38.3. The second-order valence-electron chi connectivity index (χ2n) is 26.3. The molecule has 480 valence electrons. The lowest BCUT2D eigenvalue weighted by Gasteiger charge is -2.35. The number of aromatic nitrogens is 6. The number of rotatable bonds is 12. The van der Waals surface area contributed by atoms with Crippen LogP contribution in [0.3, 0.4) is 0 Å². The third-order valence-electron chi connectivity index (χ3n) is 20.5. The molecule has 0 radical (unpaired) electrons. The highest BCUT2D eigenvalue weighted by Gasteiger charge is 2.42. The Labute approximate surface area is 602 Å². The zero-order valence-electron chi connectivity index (χ0n) is 55.5. The fraction of sp³-hybridized carbons (Fsp3) is 0. The van der Waals surface area contributed by atoms with Crippen LogP contribution in [0.25, 0.3) is 174 Å². The van der Waals surface area contributed by atoms with Crippen LogP contribution in [0.15, 0.2) is 352 Å². The van der Waals surface area contributed by atoms with Crippen LogP contribution in [0.1, 0.15) is 0 Å². The highest BCUT2D eigenvalue weighted by atomic mass is 32.1. The summed E-state index contributed by atoms with van der Waals surface area (Å²) in [5, 5.41) is 14.0. The lowest BCUT2D eigenvalue weighted by molar-refractivity contribution is 1.27. The Morgan fingerprint density at radius 2 is 0.524 bits per heavy atom. The first-order valence-electron chi connectivity index (χ1n) is 34.7. The van der Waals surface area contributed by atoms with Crippen molar-refractivity contribution in [2.24, 2.45) is 0 Å². The van der Waals surface area contributed by atoms with E-state index in [-0.39, 0.29) is 0 Å². The number of hydrogen-bond donors (Lipinski definition) is 0. The molecule has 0 unspecified atom stereocenters. The molecule has 20 aromatic rings. The minimum Gasteiger partial charge on any atom is -0.255 e. The van der Waals surface area contributed by atoms with E-state index in [0.29, 0.717) is 0 Å². The minimum atomic E-state index is -3.36. The molecule has 0 saturated heterocycles. The van der Waals surface area contributed by atoms with Gasteiger partial charge in [-0.1, -0.05) is 279 Å². The van der Waals surface area contributed by atoms with Crippen LogP contribution in [0.4, 0.5) is 0 Å². The Hall–Kier alpha value is -12.8. The molecular formula is C94H58N6S2Si. The fourth-order valence-corrected chi connectivity index (χ4v) is 23.1. The Bertz CT molecular complexity index is 6320. The first kappa shape index (κ1) is 60.2. The summed E-state index contributed by atoms with van der Waals surface area (Å²) in [5.41, 5.74) is 19.0. The number of benzene rings is 12. The molecule has 8 heterocycles. The van der Waals surface area contributed by atoms with Crippen molar-refractivity contribution in [3.05, 3.63) is 352 Å². The van der Waals surface area contributed by atoms with Crippen molar-refractivity contribution in [1.82, 2.24) is 29.9 Å². The van der Waals surface area contributed by atoms with E-state index < -0.39 is 8.07 Å². The second kappa shape index (κ2) is 24.8. The van der Waals surface area contributed by atoms with E-state index in [2.05, 4.69) is 303 Å². The monoisotopic (exact) mass is 1360 g/mol. The number of thiophene rings is 2. The van der Waals surface area contributed by atoms with Crippen molar-refractivity contribution in [3.8, 4) is 89.8 Å². The summed E-state index contributed by atoms with van der Waals surface area (Å²) in [6, 6.07) is 124. The van der Waals surface area contributed by atoms with Crippen LogP contribution in [-0.2, 0) is 0 Å². The van der Waals surface area contributed by atoms with E-state index in [4.69, 9.17) is 29.9 Å². The Balaban J connectivity index is 0.847. The van der Waals surface area contributed by atoms with Crippen LogP contribution < -0.4 is 20.7 Å². The smallest absolute Gasteiger partial charge is 0.179 e. The zero-order chi connectivity index (χ0) is 68.0. The van der Waals surface area contributed by atoms with E-state index in [1.54, 1.807) is 0 Å². The minimum absolute atomic E-state index is 0.784. The van der Waals surface area contributed by atoms with Crippen molar-refractivity contribution < 1.29 is 0 Å². The maximum Gasteiger partial charge on any atom is 0.179 e. The van der Waals surface area contributed by atoms with Gasteiger partial charge in [-0.15, -0.1) is 22.7 Å². The van der Waals surface area contributed by atoms with Crippen LogP contribution in [0.2, 0.25) is 0 Å². The van der Waals surface area contributed by atoms with Gasteiger partial charge in [0.1, 0.15) is 0 Å². The third kappa shape index (κ3) is 10.1. The van der Waals surface area contributed by atoms with E-state index >= 15 is 0 Å². The maximum atomic E-state index is 5.85. The average molecular weight is 1360 g/mol. The lowest BCUT2D eigenvalue weighted by Crippen LogP contribution is -2.74. The van der Waals surface area contributed by atoms with Crippen molar-refractivity contribution in [3.63, 3.8) is 0 Å². The fourth-order valence-electron chi connectivity index (χ4n) is 15.8. The summed E-state index contributed by atoms with van der Waals surface area (Å²) < 4.78 is 4.88. The van der Waals surface area contributed by atoms with Gasteiger partial charge in [0, 0.05) is 85.4 Å². The summed E-state index contributed by atoms with van der Waals surface area (Å²) in [6.07, 6.45) is 3.69. The summed E-state index contributed by atoms with van der Waals surface area (Å²) in [4.78, 5) is 32.7. The molecule has 0 fully saturated rings. The van der Waals surface area contributed by atoms with Gasteiger partial charge < -0.3 is 0 Å². The Morgan fingerprint density at radius 1 is 0.204 bits per heavy atom. The largest absolute Gasteiger partial charge is 0.255 e. The average Bonchev–Trinajstić information content (AvgIpc) is 1.27. The highest BCUT2D eigenvalue weighted by Crippen LogP contribution is 2.46. The van der Waals surface area contributed by atoms with Gasteiger partial charge in [0.2, 0.25) is 0 Å². The van der Waals surface area contributed by atoms with Gasteiger partial charge in [-0.2, -0.15) is 0 Å². The van der Waals surface area contributed by atoms with Gasteiger partial charge in [0.05, 0.1) is 56.2 Å². The molecule has 9 heteroatoms. The number of hydrogen-bond acceptors (Lipinski definition) is 8. The predicted molar refractivity (Wildman–Crippen MR) is 436 cm³/mol. The number of fused-ring (bicyclic) bond motifs is 12. The van der Waals surface area contributed by atoms with Gasteiger partial charge in [-0.05, 0) is 126 Å². The van der Waals surface area contributed by atoms with Crippen molar-refractivity contribution in [2.45, 2.75) is 0 Å². The van der Waals surface area contributed by atoms with E-state index in [1.807, 2.05) is 71.5 Å². The van der Waals surface area contributed by atoms with Crippen molar-refractivity contribution in [2.75, 3.05) is 0 Å². The van der Waals surface area contributed by atoms with Crippen LogP contribution in [0, 0.1) is 0 Å². The SMILES string of the molecule is c1ccc(-c2cc(-c3ccccn3)nc3c2ccc2c(-c4cccc([Si](c5ccccc5)(c5ccccc5)c5cccc(-c6cc(-c7cccc8c7sc7ccccc78)nc7c6ccc6c(-c8ccccc8)cc(-c8ccccn8)nc67)c5)c4)cc(-c4cccc5c4sc4ccccc45)nc23)cc1. The lowest BCUT2D eigenvalue weighted by atomic mass is 9.94. The molecule has 0 aliphatic rings. The quantitative estimate of drug-likeness (QED) is 0.0689. The molecule has 0 amide bonds. The summed E-state index contributed by atoms with van der Waals surface area (Å²) >= 11 is 3.65. The van der Waals surface area contributed by atoms with E-state index in [9.17, 15) is 0 Å². The maximum absolute atomic E-state index is 5.85. The molecule has 0 atom stereocenters. The van der Waals surface area contributed by atoms with Crippen molar-refractivity contribution >= 4 is 135 Å². The molecule has 0 aliphatic carbocycles. The molecule has 0 bridgehead atoms. The predicted octanol–water partition coefficient (Wildman–Crippen LogP) is 22.1. The highest BCUT2D eigenvalue weighted by molar-refractivity contribution is 7.26. The molecule has 6 nitrogen and oxygen atoms in total. The molecule has 0 spiro atoms. The second-order valence-corrected chi connectivity index (χ2v) is 32.2. The Kier molecular flexibility index (Phi) is 14.5. The normalized spacial score (nSPS) is 11.9. The summed E-state index contributed by atoms with van der Waals surface area (Å²) in [5.74, 6) is 0. The first-order chi connectivity index (χ1) is 51.1. The van der Waals surface area contributed by atoms with Gasteiger partial charge >= 0.3 is 0 Å². The van der Waals surface area contributed by atoms with Crippen LogP contribution in [0.5, 0.6) is 0 Å². The van der Waals surface area contributed by atoms with Crippen LogP contribution >= 0.6 is 22.7 Å². The van der Waals surface area contributed by atoms with Crippen molar-refractivity contribution in [1.29, 1.82) is 0 Å². The van der Waals surface area contributed by atoms with Gasteiger partial charge in [-0.25, -0.2) is 19.9 Å². The molecule has 0 N–H and O–H groups in total. The number of nitrogens with zero attached hydrogens (tertiary/aromatic N) is 6. The molecule has 0 saturated carbocycles. The summed E-state index contributed by atoms with van der Waals surface area (Å²) in [6.45, 7) is 0. The third-order valence-corrected chi connectivity index (χ3v) is 27.7. The molecule has 8 aromatic heterocycles. The molecule has 20 rings (SSSR count). The van der Waals surface area contributed by atoms with E-state index in [1.165, 1.54) is 61.1 Å². The zero-order valence-corrected chi connectivity index (χ0v) is 58.1.